The van der Waals surface area contributed by atoms with Gasteiger partial charge in [-0.15, -0.1) is 12.6 Å². The van der Waals surface area contributed by atoms with Crippen molar-refractivity contribution in [2.45, 2.75) is 17.4 Å². The molecule has 1 atom stereocenters. The van der Waals surface area contributed by atoms with E-state index in [0.717, 1.165) is 21.8 Å². The summed E-state index contributed by atoms with van der Waals surface area (Å²) in [6.45, 7) is 0. The van der Waals surface area contributed by atoms with Gasteiger partial charge in [0.05, 0.1) is 7.11 Å². The van der Waals surface area contributed by atoms with Crippen LogP contribution in [-0.4, -0.2) is 37.0 Å². The molecule has 2 aromatic rings. The molecule has 0 heterocycles. The van der Waals surface area contributed by atoms with Crippen LogP contribution in [0.2, 0.25) is 0 Å². The third-order valence-electron chi connectivity index (χ3n) is 3.73. The number of thiol groups is 1. The number of rotatable bonds is 7. The van der Waals surface area contributed by atoms with Crippen molar-refractivity contribution in [1.82, 2.24) is 5.32 Å². The maximum Gasteiger partial charge on any atom is 0.328 e. The number of benzene rings is 2. The molecule has 0 saturated carbocycles. The predicted octanol–water partition coefficient (Wildman–Crippen LogP) is 3.67. The Morgan fingerprint density at radius 2 is 1.92 bits per heavy atom. The van der Waals surface area contributed by atoms with Gasteiger partial charge in [0, 0.05) is 10.5 Å². The number of carbonyl (C=O) groups is 2. The molecule has 0 aliphatic rings. The van der Waals surface area contributed by atoms with Gasteiger partial charge in [-0.25, -0.2) is 4.79 Å². The number of thioether (sulfide) groups is 1. The number of nitrogens with one attached hydrogen (secondary N) is 1. The van der Waals surface area contributed by atoms with Crippen molar-refractivity contribution in [2.75, 3.05) is 19.1 Å². The first-order chi connectivity index (χ1) is 12.1. The predicted molar refractivity (Wildman–Crippen MR) is 105 cm³/mol. The van der Waals surface area contributed by atoms with E-state index in [4.69, 9.17) is 4.74 Å². The molecule has 0 aliphatic carbocycles. The lowest BCUT2D eigenvalue weighted by Crippen LogP contribution is -2.42. The Morgan fingerprint density at radius 3 is 2.56 bits per heavy atom. The summed E-state index contributed by atoms with van der Waals surface area (Å²) in [7, 11) is 1.33. The standard InChI is InChI=1S/C19H21NO3S2/c1-23-19(22)17(10-11-25-2)20-18(21)15-9-8-14(24)12-16(15)13-6-4-3-5-7-13/h3-9,12,17,24H,10-11H2,1-2H3,(H,20,21). The second-order valence-electron chi connectivity index (χ2n) is 5.43. The minimum atomic E-state index is -0.663. The topological polar surface area (TPSA) is 55.4 Å². The highest BCUT2D eigenvalue weighted by atomic mass is 32.2. The number of carbonyl (C=O) groups excluding carboxylic acids is 2. The van der Waals surface area contributed by atoms with Crippen LogP contribution in [0, 0.1) is 0 Å². The van der Waals surface area contributed by atoms with Gasteiger partial charge in [0.15, 0.2) is 0 Å². The Morgan fingerprint density at radius 1 is 1.20 bits per heavy atom. The number of hydrogen-bond acceptors (Lipinski definition) is 5. The fraction of sp³-hybridized carbons (Fsp3) is 0.263. The molecule has 2 aromatic carbocycles. The largest absolute Gasteiger partial charge is 0.467 e. The normalized spacial score (nSPS) is 11.6. The summed E-state index contributed by atoms with van der Waals surface area (Å²) in [5.41, 5.74) is 2.20. The van der Waals surface area contributed by atoms with Gasteiger partial charge in [0.25, 0.3) is 5.91 Å². The highest BCUT2D eigenvalue weighted by molar-refractivity contribution is 7.98. The van der Waals surface area contributed by atoms with E-state index in [1.807, 2.05) is 42.7 Å². The van der Waals surface area contributed by atoms with Gasteiger partial charge in [0.2, 0.25) is 0 Å². The van der Waals surface area contributed by atoms with Crippen LogP contribution in [0.5, 0.6) is 0 Å². The molecule has 132 valence electrons. The monoisotopic (exact) mass is 375 g/mol. The van der Waals surface area contributed by atoms with Crippen molar-refractivity contribution >= 4 is 36.3 Å². The zero-order chi connectivity index (χ0) is 18.2. The maximum absolute atomic E-state index is 12.8. The Kier molecular flexibility index (Phi) is 7.40. The van der Waals surface area contributed by atoms with E-state index in [9.17, 15) is 9.59 Å². The summed E-state index contributed by atoms with van der Waals surface area (Å²) in [6.07, 6.45) is 2.47. The number of esters is 1. The Labute approximate surface area is 157 Å². The van der Waals surface area contributed by atoms with Gasteiger partial charge in [-0.3, -0.25) is 4.79 Å². The number of methoxy groups -OCH3 is 1. The van der Waals surface area contributed by atoms with Crippen molar-refractivity contribution in [1.29, 1.82) is 0 Å². The summed E-state index contributed by atoms with van der Waals surface area (Å²) in [4.78, 5) is 25.5. The molecule has 0 fully saturated rings. The first-order valence-corrected chi connectivity index (χ1v) is 9.67. The Bertz CT molecular complexity index is 735. The van der Waals surface area contributed by atoms with Crippen molar-refractivity contribution < 1.29 is 14.3 Å². The maximum atomic E-state index is 12.8. The Balaban J connectivity index is 2.30. The van der Waals surface area contributed by atoms with E-state index in [1.165, 1.54) is 7.11 Å². The van der Waals surface area contributed by atoms with Gasteiger partial charge in [-0.05, 0) is 47.8 Å². The quantitative estimate of drug-likeness (QED) is 0.573. The average molecular weight is 376 g/mol. The van der Waals surface area contributed by atoms with E-state index >= 15 is 0 Å². The minimum absolute atomic E-state index is 0.302. The fourth-order valence-electron chi connectivity index (χ4n) is 2.45. The van der Waals surface area contributed by atoms with Gasteiger partial charge < -0.3 is 10.1 Å². The van der Waals surface area contributed by atoms with Crippen molar-refractivity contribution in [3.05, 3.63) is 54.1 Å². The van der Waals surface area contributed by atoms with Crippen molar-refractivity contribution in [2.24, 2.45) is 0 Å². The summed E-state index contributed by atoms with van der Waals surface area (Å²) < 4.78 is 4.81. The zero-order valence-electron chi connectivity index (χ0n) is 14.2. The minimum Gasteiger partial charge on any atom is -0.467 e. The van der Waals surface area contributed by atoms with Crippen LogP contribution in [0.3, 0.4) is 0 Å². The van der Waals surface area contributed by atoms with E-state index in [1.54, 1.807) is 23.9 Å². The summed E-state index contributed by atoms with van der Waals surface area (Å²) in [5.74, 6) is 0.0133. The van der Waals surface area contributed by atoms with E-state index in [0.29, 0.717) is 12.0 Å². The lowest BCUT2D eigenvalue weighted by atomic mass is 9.99. The number of hydrogen-bond donors (Lipinski definition) is 2. The number of ether oxygens (including phenoxy) is 1. The third-order valence-corrected chi connectivity index (χ3v) is 4.66. The fourth-order valence-corrected chi connectivity index (χ4v) is 3.12. The second kappa shape index (κ2) is 9.53. The summed E-state index contributed by atoms with van der Waals surface area (Å²) in [6, 6.07) is 14.3. The van der Waals surface area contributed by atoms with Crippen LogP contribution in [0.4, 0.5) is 0 Å². The molecule has 4 nitrogen and oxygen atoms in total. The molecule has 1 unspecified atom stereocenters. The first-order valence-electron chi connectivity index (χ1n) is 7.83. The molecule has 25 heavy (non-hydrogen) atoms. The molecule has 0 radical (unpaired) electrons. The molecule has 0 saturated heterocycles. The van der Waals surface area contributed by atoms with Crippen LogP contribution in [0.15, 0.2) is 53.4 Å². The summed E-state index contributed by atoms with van der Waals surface area (Å²) >= 11 is 5.99. The second-order valence-corrected chi connectivity index (χ2v) is 6.93. The summed E-state index contributed by atoms with van der Waals surface area (Å²) in [5, 5.41) is 2.80. The SMILES string of the molecule is COC(=O)C(CCSC)NC(=O)c1ccc(S)cc1-c1ccccc1. The van der Waals surface area contributed by atoms with Gasteiger partial charge in [0.1, 0.15) is 6.04 Å². The van der Waals surface area contributed by atoms with Crippen LogP contribution in [-0.2, 0) is 9.53 Å². The highest BCUT2D eigenvalue weighted by Gasteiger charge is 2.23. The van der Waals surface area contributed by atoms with Crippen LogP contribution < -0.4 is 5.32 Å². The Hall–Kier alpha value is -1.92. The van der Waals surface area contributed by atoms with E-state index < -0.39 is 12.0 Å². The smallest absolute Gasteiger partial charge is 0.328 e. The average Bonchev–Trinajstić information content (AvgIpc) is 2.64. The van der Waals surface area contributed by atoms with Crippen LogP contribution in [0.1, 0.15) is 16.8 Å². The third kappa shape index (κ3) is 5.28. The lowest BCUT2D eigenvalue weighted by molar-refractivity contribution is -0.142. The molecule has 1 N–H and O–H groups in total. The lowest BCUT2D eigenvalue weighted by Gasteiger charge is -2.17. The molecular weight excluding hydrogens is 354 g/mol. The molecule has 1 amide bonds. The van der Waals surface area contributed by atoms with Crippen LogP contribution >= 0.6 is 24.4 Å². The van der Waals surface area contributed by atoms with E-state index in [-0.39, 0.29) is 5.91 Å². The molecule has 0 spiro atoms. The van der Waals surface area contributed by atoms with Crippen molar-refractivity contribution in [3.63, 3.8) is 0 Å². The number of amides is 1. The van der Waals surface area contributed by atoms with Gasteiger partial charge >= 0.3 is 5.97 Å². The molecule has 2 rings (SSSR count). The molecule has 0 aromatic heterocycles. The van der Waals surface area contributed by atoms with E-state index in [2.05, 4.69) is 17.9 Å². The highest BCUT2D eigenvalue weighted by Crippen LogP contribution is 2.26. The first kappa shape index (κ1) is 19.4. The molecule has 6 heteroatoms. The molecular formula is C19H21NO3S2. The molecule has 0 bridgehead atoms. The van der Waals surface area contributed by atoms with Gasteiger partial charge in [-0.1, -0.05) is 30.3 Å². The van der Waals surface area contributed by atoms with Crippen LogP contribution in [0.25, 0.3) is 11.1 Å². The van der Waals surface area contributed by atoms with Crippen molar-refractivity contribution in [3.8, 4) is 11.1 Å². The van der Waals surface area contributed by atoms with Gasteiger partial charge in [-0.2, -0.15) is 11.8 Å². The zero-order valence-corrected chi connectivity index (χ0v) is 15.9. The molecule has 0 aliphatic heterocycles.